The number of carbonyl (C=O) groups excluding carboxylic acids is 3. The summed E-state index contributed by atoms with van der Waals surface area (Å²) in [6.07, 6.45) is -1.23. The Labute approximate surface area is 270 Å². The molecule has 0 saturated carbocycles. The number of H-pyrrole nitrogens is 1. The van der Waals surface area contributed by atoms with Gasteiger partial charge in [-0.05, 0) is 67.4 Å². The first kappa shape index (κ1) is 30.8. The number of nitrogens with two attached hydrogens (primary N) is 2. The topological polar surface area (TPSA) is 162 Å². The van der Waals surface area contributed by atoms with E-state index in [1.807, 2.05) is 0 Å². The van der Waals surface area contributed by atoms with Gasteiger partial charge < -0.3 is 30.8 Å². The van der Waals surface area contributed by atoms with Crippen LogP contribution in [-0.4, -0.2) is 69.0 Å². The molecular weight excluding hydrogens is 631 g/mol. The van der Waals surface area contributed by atoms with E-state index in [9.17, 15) is 27.6 Å². The van der Waals surface area contributed by atoms with Gasteiger partial charge in [-0.1, -0.05) is 12.1 Å². The molecule has 2 fully saturated rings. The van der Waals surface area contributed by atoms with Gasteiger partial charge in [0, 0.05) is 23.5 Å². The van der Waals surface area contributed by atoms with Crippen LogP contribution < -0.4 is 25.8 Å². The van der Waals surface area contributed by atoms with Crippen LogP contribution >= 0.6 is 0 Å². The van der Waals surface area contributed by atoms with Crippen LogP contribution in [0.3, 0.4) is 0 Å². The average Bonchev–Trinajstić information content (AvgIpc) is 3.80. The number of carbonyl (C=O) groups is 3. The van der Waals surface area contributed by atoms with Gasteiger partial charge in [-0.15, -0.1) is 0 Å². The lowest BCUT2D eigenvalue weighted by Crippen LogP contribution is -2.37. The standard InChI is InChI=1S/C33H28F3N7O5/c1-16-8-19(48-27-5-3-2-4-21(27)34)6-7-24(16)43-31(38)20(13-39-43)30(44)23-9-17-10-28(47-15-29(35)36)25(12-22(17)40-23)42-32(45)26-11-18(37)14-41(26)33(42)46/h2-10,12-13,18,26,29,40H,11,14-15,37-38H2,1H3/t18-,26-/m0/s1. The first-order valence-corrected chi connectivity index (χ1v) is 14.9. The van der Waals surface area contributed by atoms with Crippen molar-refractivity contribution in [1.29, 1.82) is 0 Å². The highest BCUT2D eigenvalue weighted by molar-refractivity contribution is 6.23. The summed E-state index contributed by atoms with van der Waals surface area (Å²) < 4.78 is 52.8. The van der Waals surface area contributed by atoms with Crippen LogP contribution in [0.2, 0.25) is 0 Å². The monoisotopic (exact) mass is 659 g/mol. The number of aromatic amines is 1. The first-order chi connectivity index (χ1) is 23.0. The quantitative estimate of drug-likeness (QED) is 0.148. The average molecular weight is 660 g/mol. The molecule has 2 aliphatic rings. The molecule has 0 spiro atoms. The molecule has 3 amide bonds. The number of alkyl halides is 2. The smallest absolute Gasteiger partial charge is 0.332 e. The van der Waals surface area contributed by atoms with Crippen molar-refractivity contribution in [1.82, 2.24) is 19.7 Å². The summed E-state index contributed by atoms with van der Waals surface area (Å²) in [5, 5.41) is 4.72. The number of aryl methyl sites for hydroxylation is 1. The van der Waals surface area contributed by atoms with Crippen LogP contribution in [-0.2, 0) is 4.79 Å². The lowest BCUT2D eigenvalue weighted by atomic mass is 10.1. The summed E-state index contributed by atoms with van der Waals surface area (Å²) in [5.74, 6) is -1.20. The van der Waals surface area contributed by atoms with Gasteiger partial charge in [-0.2, -0.15) is 5.10 Å². The molecule has 5 aromatic rings. The number of fused-ring (bicyclic) bond motifs is 2. The minimum absolute atomic E-state index is 0.0350. The molecule has 3 aromatic carbocycles. The van der Waals surface area contributed by atoms with Crippen molar-refractivity contribution >= 4 is 40.1 Å². The van der Waals surface area contributed by atoms with Crippen LogP contribution in [0.1, 0.15) is 28.0 Å². The number of ketones is 1. The van der Waals surface area contributed by atoms with Gasteiger partial charge in [-0.25, -0.2) is 27.5 Å². The lowest BCUT2D eigenvalue weighted by molar-refractivity contribution is -0.119. The van der Waals surface area contributed by atoms with E-state index < -0.39 is 42.6 Å². The molecular formula is C33H28F3N7O5. The van der Waals surface area contributed by atoms with Gasteiger partial charge in [0.1, 0.15) is 30.0 Å². The van der Waals surface area contributed by atoms with Crippen molar-refractivity contribution in [3.05, 3.63) is 89.5 Å². The van der Waals surface area contributed by atoms with Gasteiger partial charge in [-0.3, -0.25) is 9.59 Å². The number of halogens is 3. The number of nitrogen functional groups attached to an aromatic ring is 1. The van der Waals surface area contributed by atoms with Gasteiger partial charge in [0.05, 0.1) is 28.8 Å². The fourth-order valence-electron chi connectivity index (χ4n) is 6.07. The number of hydrogen-bond donors (Lipinski definition) is 3. The molecule has 4 heterocycles. The van der Waals surface area contributed by atoms with E-state index in [-0.39, 0.29) is 53.3 Å². The number of ether oxygens (including phenoxy) is 2. The van der Waals surface area contributed by atoms with Gasteiger partial charge in [0.25, 0.3) is 12.3 Å². The third kappa shape index (κ3) is 5.27. The second-order valence-electron chi connectivity index (χ2n) is 11.6. The van der Waals surface area contributed by atoms with E-state index in [1.54, 1.807) is 37.3 Å². The van der Waals surface area contributed by atoms with Crippen LogP contribution in [0.5, 0.6) is 17.2 Å². The molecule has 15 heteroatoms. The summed E-state index contributed by atoms with van der Waals surface area (Å²) in [6.45, 7) is 0.987. The minimum Gasteiger partial charge on any atom is -0.485 e. The van der Waals surface area contributed by atoms with Gasteiger partial charge >= 0.3 is 6.03 Å². The number of para-hydroxylation sites is 1. The molecule has 0 radical (unpaired) electrons. The van der Waals surface area contributed by atoms with Crippen molar-refractivity contribution in [2.45, 2.75) is 31.9 Å². The maximum atomic E-state index is 14.1. The number of urea groups is 1. The second kappa shape index (κ2) is 11.8. The van der Waals surface area contributed by atoms with Crippen molar-refractivity contribution in [3.8, 4) is 22.9 Å². The number of amides is 3. The lowest BCUT2D eigenvalue weighted by Gasteiger charge is -2.20. The van der Waals surface area contributed by atoms with E-state index in [4.69, 9.17) is 20.9 Å². The number of benzene rings is 3. The van der Waals surface area contributed by atoms with Crippen LogP contribution in [0, 0.1) is 12.7 Å². The Morgan fingerprint density at radius 3 is 2.60 bits per heavy atom. The summed E-state index contributed by atoms with van der Waals surface area (Å²) in [4.78, 5) is 45.4. The summed E-state index contributed by atoms with van der Waals surface area (Å²) >= 11 is 0. The molecule has 246 valence electrons. The maximum Gasteiger partial charge on any atom is 0.332 e. The first-order valence-electron chi connectivity index (χ1n) is 14.9. The van der Waals surface area contributed by atoms with Crippen molar-refractivity contribution in [2.75, 3.05) is 23.8 Å². The number of nitrogens with one attached hydrogen (secondary N) is 1. The highest BCUT2D eigenvalue weighted by Gasteiger charge is 2.51. The molecule has 0 bridgehead atoms. The molecule has 0 aliphatic carbocycles. The molecule has 7 rings (SSSR count). The molecule has 0 unspecified atom stereocenters. The zero-order valence-electron chi connectivity index (χ0n) is 25.3. The van der Waals surface area contributed by atoms with Crippen LogP contribution in [0.15, 0.2) is 66.9 Å². The maximum absolute atomic E-state index is 14.1. The molecule has 2 saturated heterocycles. The van der Waals surface area contributed by atoms with Gasteiger partial charge in [0.2, 0.25) is 5.78 Å². The Hall–Kier alpha value is -5.83. The number of anilines is 2. The zero-order chi connectivity index (χ0) is 33.9. The van der Waals surface area contributed by atoms with Gasteiger partial charge in [0.15, 0.2) is 11.6 Å². The highest BCUT2D eigenvalue weighted by Crippen LogP contribution is 2.39. The van der Waals surface area contributed by atoms with E-state index in [0.717, 1.165) is 4.90 Å². The zero-order valence-corrected chi connectivity index (χ0v) is 25.3. The Balaban J connectivity index is 1.19. The van der Waals surface area contributed by atoms with Crippen molar-refractivity contribution in [3.63, 3.8) is 0 Å². The Kier molecular flexibility index (Phi) is 7.55. The molecule has 2 atom stereocenters. The third-order valence-electron chi connectivity index (χ3n) is 8.34. The van der Waals surface area contributed by atoms with Crippen LogP contribution in [0.25, 0.3) is 16.6 Å². The fourth-order valence-corrected chi connectivity index (χ4v) is 6.07. The molecule has 48 heavy (non-hydrogen) atoms. The Bertz CT molecular complexity index is 2090. The summed E-state index contributed by atoms with van der Waals surface area (Å²) in [6, 6.07) is 13.5. The minimum atomic E-state index is -2.82. The highest BCUT2D eigenvalue weighted by atomic mass is 19.3. The Morgan fingerprint density at radius 2 is 1.88 bits per heavy atom. The predicted molar refractivity (Wildman–Crippen MR) is 168 cm³/mol. The number of imide groups is 1. The SMILES string of the molecule is Cc1cc(Oc2ccccc2F)ccc1-n1ncc(C(=O)c2cc3cc(OCC(F)F)c(N4C(=O)[C@@H]5C[C@H](N)CN5C4=O)cc3[nH]2)c1N. The van der Waals surface area contributed by atoms with Crippen molar-refractivity contribution < 1.29 is 37.0 Å². The fraction of sp³-hybridized carbons (Fsp3) is 0.212. The van der Waals surface area contributed by atoms with E-state index in [0.29, 0.717) is 27.9 Å². The second-order valence-corrected chi connectivity index (χ2v) is 11.6. The van der Waals surface area contributed by atoms with E-state index in [2.05, 4.69) is 10.1 Å². The van der Waals surface area contributed by atoms with Crippen molar-refractivity contribution in [2.24, 2.45) is 5.73 Å². The van der Waals surface area contributed by atoms with E-state index in [1.165, 1.54) is 46.1 Å². The predicted octanol–water partition coefficient (Wildman–Crippen LogP) is 4.92. The molecule has 2 aromatic heterocycles. The molecule has 2 aliphatic heterocycles. The molecule has 5 N–H and O–H groups in total. The Morgan fingerprint density at radius 1 is 1.08 bits per heavy atom. The third-order valence-corrected chi connectivity index (χ3v) is 8.34. The number of hydrogen-bond acceptors (Lipinski definition) is 8. The summed E-state index contributed by atoms with van der Waals surface area (Å²) in [7, 11) is 0. The number of rotatable bonds is 9. The largest absolute Gasteiger partial charge is 0.485 e. The number of aromatic nitrogens is 3. The normalized spacial score (nSPS) is 17.5. The number of nitrogens with zero attached hydrogens (tertiary/aromatic N) is 4. The molecule has 12 nitrogen and oxygen atoms in total. The van der Waals surface area contributed by atoms with Crippen LogP contribution in [0.4, 0.5) is 29.5 Å². The van der Waals surface area contributed by atoms with E-state index >= 15 is 0 Å². The summed E-state index contributed by atoms with van der Waals surface area (Å²) in [5.41, 5.74) is 14.0.